The van der Waals surface area contributed by atoms with Crippen LogP contribution in [0.4, 0.5) is 4.39 Å². The predicted octanol–water partition coefficient (Wildman–Crippen LogP) is 2.98. The number of benzene rings is 1. The fourth-order valence-corrected chi connectivity index (χ4v) is 2.56. The van der Waals surface area contributed by atoms with Crippen LogP contribution in [0.5, 0.6) is 0 Å². The molecule has 0 N–H and O–H groups in total. The lowest BCUT2D eigenvalue weighted by Gasteiger charge is -1.98. The average molecular weight is 279 g/mol. The van der Waals surface area contributed by atoms with Gasteiger partial charge in [0, 0.05) is 18.2 Å². The highest BCUT2D eigenvalue weighted by atomic mass is 32.1. The number of ether oxygens (including phenoxy) is 1. The van der Waals surface area contributed by atoms with Crippen molar-refractivity contribution in [3.63, 3.8) is 0 Å². The first-order chi connectivity index (χ1) is 9.17. The van der Waals surface area contributed by atoms with Gasteiger partial charge in [0.2, 0.25) is 0 Å². The molecule has 19 heavy (non-hydrogen) atoms. The van der Waals surface area contributed by atoms with Gasteiger partial charge in [-0.15, -0.1) is 11.3 Å². The van der Waals surface area contributed by atoms with E-state index in [1.165, 1.54) is 30.6 Å². The van der Waals surface area contributed by atoms with Crippen LogP contribution < -0.4 is 0 Å². The second-order valence-corrected chi connectivity index (χ2v) is 5.06. The average Bonchev–Trinajstić information content (AvgIpc) is 2.83. The summed E-state index contributed by atoms with van der Waals surface area (Å²) in [5.74, 6) is -0.473. The summed E-state index contributed by atoms with van der Waals surface area (Å²) in [7, 11) is 1.37. The van der Waals surface area contributed by atoms with E-state index >= 15 is 0 Å². The van der Waals surface area contributed by atoms with Crippen molar-refractivity contribution in [2.24, 2.45) is 0 Å². The highest BCUT2D eigenvalue weighted by Crippen LogP contribution is 2.16. The molecule has 5 heteroatoms. The maximum Gasteiger partial charge on any atom is 0.305 e. The number of nitrogens with zero attached hydrogens (tertiary/aromatic N) is 1. The molecule has 100 valence electrons. The molecule has 0 spiro atoms. The number of aromatic nitrogens is 1. The monoisotopic (exact) mass is 279 g/mol. The molecule has 0 saturated heterocycles. The summed E-state index contributed by atoms with van der Waals surface area (Å²) >= 11 is 1.52. The second-order valence-electron chi connectivity index (χ2n) is 4.12. The fraction of sp³-hybridized carbons (Fsp3) is 0.286. The van der Waals surface area contributed by atoms with Crippen molar-refractivity contribution in [2.75, 3.05) is 7.11 Å². The quantitative estimate of drug-likeness (QED) is 0.790. The maximum absolute atomic E-state index is 13.1. The molecule has 2 aromatic rings. The van der Waals surface area contributed by atoms with Gasteiger partial charge < -0.3 is 4.74 Å². The summed E-state index contributed by atoms with van der Waals surface area (Å²) < 4.78 is 17.6. The highest BCUT2D eigenvalue weighted by Gasteiger charge is 2.06. The van der Waals surface area contributed by atoms with Gasteiger partial charge in [-0.1, -0.05) is 12.1 Å². The third-order valence-corrected chi connectivity index (χ3v) is 3.55. The van der Waals surface area contributed by atoms with Gasteiger partial charge in [0.15, 0.2) is 0 Å². The smallest absolute Gasteiger partial charge is 0.305 e. The molecule has 3 nitrogen and oxygen atoms in total. The van der Waals surface area contributed by atoms with E-state index in [-0.39, 0.29) is 11.8 Å². The van der Waals surface area contributed by atoms with Crippen molar-refractivity contribution < 1.29 is 13.9 Å². The number of halogens is 1. The maximum atomic E-state index is 13.1. The van der Waals surface area contributed by atoms with E-state index in [1.807, 2.05) is 11.4 Å². The van der Waals surface area contributed by atoms with E-state index < -0.39 is 0 Å². The molecule has 2 rings (SSSR count). The van der Waals surface area contributed by atoms with Crippen LogP contribution in [0.2, 0.25) is 0 Å². The second kappa shape index (κ2) is 6.43. The molecule has 0 amide bonds. The SMILES string of the molecule is COC(=O)CCc1csc(Cc2cccc(F)c2)n1. The van der Waals surface area contributed by atoms with E-state index in [0.717, 1.165) is 16.3 Å². The zero-order chi connectivity index (χ0) is 13.7. The molecular formula is C14H14FNO2S. The minimum absolute atomic E-state index is 0.236. The van der Waals surface area contributed by atoms with Crippen LogP contribution in [0, 0.1) is 5.82 Å². The predicted molar refractivity (Wildman–Crippen MR) is 71.7 cm³/mol. The molecule has 0 atom stereocenters. The summed E-state index contributed by atoms with van der Waals surface area (Å²) in [5, 5.41) is 2.85. The van der Waals surface area contributed by atoms with E-state index in [2.05, 4.69) is 9.72 Å². The molecule has 1 heterocycles. The Morgan fingerprint density at radius 1 is 1.47 bits per heavy atom. The molecule has 0 bridgehead atoms. The minimum atomic E-state index is -0.236. The number of esters is 1. The van der Waals surface area contributed by atoms with E-state index in [4.69, 9.17) is 0 Å². The number of rotatable bonds is 5. The molecular weight excluding hydrogens is 265 g/mol. The molecule has 0 fully saturated rings. The molecule has 0 aliphatic rings. The van der Waals surface area contributed by atoms with Crippen LogP contribution in [-0.2, 0) is 22.4 Å². The summed E-state index contributed by atoms with van der Waals surface area (Å²) in [4.78, 5) is 15.5. The Hall–Kier alpha value is -1.75. The lowest BCUT2D eigenvalue weighted by Crippen LogP contribution is -2.02. The van der Waals surface area contributed by atoms with Crippen LogP contribution >= 0.6 is 11.3 Å². The number of methoxy groups -OCH3 is 1. The zero-order valence-corrected chi connectivity index (χ0v) is 11.4. The van der Waals surface area contributed by atoms with E-state index in [0.29, 0.717) is 19.3 Å². The van der Waals surface area contributed by atoms with E-state index in [1.54, 1.807) is 6.07 Å². The number of thiazole rings is 1. The van der Waals surface area contributed by atoms with Crippen molar-refractivity contribution >= 4 is 17.3 Å². The van der Waals surface area contributed by atoms with Gasteiger partial charge in [-0.2, -0.15) is 0 Å². The Labute approximate surface area is 115 Å². The summed E-state index contributed by atoms with van der Waals surface area (Å²) in [5.41, 5.74) is 1.77. The molecule has 1 aromatic heterocycles. The largest absolute Gasteiger partial charge is 0.469 e. The van der Waals surface area contributed by atoms with E-state index in [9.17, 15) is 9.18 Å². The normalized spacial score (nSPS) is 10.4. The Bertz CT molecular complexity index is 568. The van der Waals surface area contributed by atoms with Crippen LogP contribution in [0.25, 0.3) is 0 Å². The Morgan fingerprint density at radius 3 is 3.05 bits per heavy atom. The van der Waals surface area contributed by atoms with Gasteiger partial charge in [-0.3, -0.25) is 4.79 Å². The van der Waals surface area contributed by atoms with Crippen LogP contribution in [0.15, 0.2) is 29.6 Å². The van der Waals surface area contributed by atoms with Crippen molar-refractivity contribution in [1.82, 2.24) is 4.98 Å². The number of hydrogen-bond acceptors (Lipinski definition) is 4. The van der Waals surface area contributed by atoms with Gasteiger partial charge in [-0.25, -0.2) is 9.37 Å². The summed E-state index contributed by atoms with van der Waals surface area (Å²) in [6.45, 7) is 0. The third-order valence-electron chi connectivity index (χ3n) is 2.66. The summed E-state index contributed by atoms with van der Waals surface area (Å²) in [6, 6.07) is 6.50. The molecule has 0 radical (unpaired) electrons. The first-order valence-corrected chi connectivity index (χ1v) is 6.80. The Kier molecular flexibility index (Phi) is 4.63. The summed E-state index contributed by atoms with van der Waals surface area (Å²) in [6.07, 6.45) is 1.52. The van der Waals surface area contributed by atoms with Crippen LogP contribution in [-0.4, -0.2) is 18.1 Å². The first-order valence-electron chi connectivity index (χ1n) is 5.92. The third kappa shape index (κ3) is 4.13. The van der Waals surface area contributed by atoms with Gasteiger partial charge in [0.25, 0.3) is 0 Å². The lowest BCUT2D eigenvalue weighted by atomic mass is 10.1. The Morgan fingerprint density at radius 2 is 2.32 bits per heavy atom. The van der Waals surface area contributed by atoms with Crippen molar-refractivity contribution in [3.05, 3.63) is 51.7 Å². The van der Waals surface area contributed by atoms with Crippen molar-refractivity contribution in [1.29, 1.82) is 0 Å². The van der Waals surface area contributed by atoms with Gasteiger partial charge in [0.1, 0.15) is 5.82 Å². The molecule has 0 aliphatic heterocycles. The molecule has 0 aliphatic carbocycles. The van der Waals surface area contributed by atoms with Gasteiger partial charge in [0.05, 0.1) is 24.2 Å². The lowest BCUT2D eigenvalue weighted by molar-refractivity contribution is -0.140. The fourth-order valence-electron chi connectivity index (χ4n) is 1.70. The number of hydrogen-bond donors (Lipinski definition) is 0. The van der Waals surface area contributed by atoms with Crippen LogP contribution in [0.3, 0.4) is 0 Å². The molecule has 0 unspecified atom stereocenters. The van der Waals surface area contributed by atoms with Gasteiger partial charge in [-0.05, 0) is 17.7 Å². The molecule has 0 saturated carbocycles. The topological polar surface area (TPSA) is 39.2 Å². The van der Waals surface area contributed by atoms with Crippen LogP contribution in [0.1, 0.15) is 22.7 Å². The molecule has 1 aromatic carbocycles. The van der Waals surface area contributed by atoms with Gasteiger partial charge >= 0.3 is 5.97 Å². The highest BCUT2D eigenvalue weighted by molar-refractivity contribution is 7.09. The number of carbonyl (C=O) groups excluding carboxylic acids is 1. The minimum Gasteiger partial charge on any atom is -0.469 e. The Balaban J connectivity index is 1.95. The standard InChI is InChI=1S/C14H14FNO2S/c1-18-14(17)6-5-12-9-19-13(16-12)8-10-3-2-4-11(15)7-10/h2-4,7,9H,5-6,8H2,1H3. The van der Waals surface area contributed by atoms with Crippen molar-refractivity contribution in [2.45, 2.75) is 19.3 Å². The number of aryl methyl sites for hydroxylation is 1. The number of carbonyl (C=O) groups is 1. The first kappa shape index (κ1) is 13.7. The zero-order valence-electron chi connectivity index (χ0n) is 10.6. The van der Waals surface area contributed by atoms with Crippen molar-refractivity contribution in [3.8, 4) is 0 Å².